The molecule has 1 aliphatic heterocycles. The van der Waals surface area contributed by atoms with E-state index in [2.05, 4.69) is 5.48 Å². The molecule has 92 valence electrons. The lowest BCUT2D eigenvalue weighted by Gasteiger charge is -2.11. The van der Waals surface area contributed by atoms with E-state index in [-0.39, 0.29) is 0 Å². The summed E-state index contributed by atoms with van der Waals surface area (Å²) in [5.41, 5.74) is 10.3. The zero-order chi connectivity index (χ0) is 12.6. The first-order valence-electron chi connectivity index (χ1n) is 5.82. The average Bonchev–Trinajstić information content (AvgIpc) is 2.49. The molecule has 2 aromatic rings. The van der Waals surface area contributed by atoms with Gasteiger partial charge in [0.1, 0.15) is 0 Å². The fraction of sp³-hybridized carbons (Fsp3) is 0.0667. The molecule has 0 spiro atoms. The van der Waals surface area contributed by atoms with Crippen molar-refractivity contribution in [2.45, 2.75) is 6.54 Å². The molecule has 3 nitrogen and oxygen atoms in total. The lowest BCUT2D eigenvalue weighted by Crippen LogP contribution is -2.13. The Morgan fingerprint density at radius 1 is 0.944 bits per heavy atom. The van der Waals surface area contributed by atoms with Crippen LogP contribution in [0.1, 0.15) is 11.1 Å². The van der Waals surface area contributed by atoms with E-state index in [0.717, 1.165) is 11.3 Å². The molecule has 0 aromatic heterocycles. The van der Waals surface area contributed by atoms with E-state index >= 15 is 0 Å². The molecule has 0 aliphatic carbocycles. The predicted molar refractivity (Wildman–Crippen MR) is 73.6 cm³/mol. The van der Waals surface area contributed by atoms with Gasteiger partial charge in [0.05, 0.1) is 0 Å². The fourth-order valence-corrected chi connectivity index (χ4v) is 1.55. The van der Waals surface area contributed by atoms with Gasteiger partial charge in [-0.3, -0.25) is 0 Å². The molecular weight excluding hydrogens is 224 g/mol. The van der Waals surface area contributed by atoms with Gasteiger partial charge in [0.2, 0.25) is 0 Å². The van der Waals surface area contributed by atoms with Crippen LogP contribution in [-0.2, 0) is 6.54 Å². The predicted octanol–water partition coefficient (Wildman–Crippen LogP) is 2.70. The maximum atomic E-state index is 5.35. The molecule has 1 aliphatic rings. The van der Waals surface area contributed by atoms with Crippen LogP contribution in [0.25, 0.3) is 6.08 Å². The highest BCUT2D eigenvalue weighted by atomic mass is 16.6. The smallest absolute Gasteiger partial charge is 0.162 e. The van der Waals surface area contributed by atoms with Gasteiger partial charge in [-0.1, -0.05) is 48.5 Å². The summed E-state index contributed by atoms with van der Waals surface area (Å²) in [7, 11) is 0. The minimum atomic E-state index is 0.640. The van der Waals surface area contributed by atoms with Gasteiger partial charge in [-0.05, 0) is 17.7 Å². The zero-order valence-electron chi connectivity index (χ0n) is 10.0. The van der Waals surface area contributed by atoms with Crippen LogP contribution in [0.15, 0.2) is 60.8 Å². The molecule has 0 saturated heterocycles. The van der Waals surface area contributed by atoms with Crippen LogP contribution in [0.5, 0.6) is 5.75 Å². The topological polar surface area (TPSA) is 47.3 Å². The lowest BCUT2D eigenvalue weighted by atomic mass is 10.2. The Bertz CT molecular complexity index is 509. The fourth-order valence-electron chi connectivity index (χ4n) is 1.55. The number of nitrogens with one attached hydrogen (secondary N) is 1. The lowest BCUT2D eigenvalue weighted by molar-refractivity contribution is 0.239. The van der Waals surface area contributed by atoms with Crippen molar-refractivity contribution in [3.63, 3.8) is 0 Å². The largest absolute Gasteiger partial charge is 0.382 e. The van der Waals surface area contributed by atoms with E-state index in [1.807, 2.05) is 60.7 Å². The molecule has 0 amide bonds. The van der Waals surface area contributed by atoms with Crippen LogP contribution in [-0.4, -0.2) is 0 Å². The molecule has 3 rings (SSSR count). The third-order valence-corrected chi connectivity index (χ3v) is 2.50. The molecule has 18 heavy (non-hydrogen) atoms. The van der Waals surface area contributed by atoms with Gasteiger partial charge >= 0.3 is 0 Å². The van der Waals surface area contributed by atoms with Crippen LogP contribution in [0.3, 0.4) is 0 Å². The Labute approximate surface area is 107 Å². The van der Waals surface area contributed by atoms with Gasteiger partial charge in [0.15, 0.2) is 5.75 Å². The maximum absolute atomic E-state index is 5.35. The van der Waals surface area contributed by atoms with Crippen molar-refractivity contribution in [1.29, 1.82) is 0 Å². The number of benzene rings is 2. The van der Waals surface area contributed by atoms with Gasteiger partial charge in [0.25, 0.3) is 0 Å². The number of hydrogen-bond acceptors (Lipinski definition) is 3. The van der Waals surface area contributed by atoms with E-state index in [1.54, 1.807) is 6.20 Å². The third kappa shape index (κ3) is 3.37. The van der Waals surface area contributed by atoms with Gasteiger partial charge in [-0.2, -0.15) is 0 Å². The Morgan fingerprint density at radius 3 is 2.33 bits per heavy atom. The molecule has 3 heteroatoms. The monoisotopic (exact) mass is 240 g/mol. The molecule has 0 radical (unpaired) electrons. The van der Waals surface area contributed by atoms with Gasteiger partial charge < -0.3 is 10.6 Å². The molecule has 0 atom stereocenters. The SMILES string of the molecule is C1=Cc2ccccc2ON1.NCc1ccccc1. The van der Waals surface area contributed by atoms with Gasteiger partial charge in [-0.25, -0.2) is 5.48 Å². The summed E-state index contributed by atoms with van der Waals surface area (Å²) in [6.07, 6.45) is 3.74. The molecule has 0 bridgehead atoms. The summed E-state index contributed by atoms with van der Waals surface area (Å²) >= 11 is 0. The van der Waals surface area contributed by atoms with Crippen LogP contribution in [0.4, 0.5) is 0 Å². The Kier molecular flexibility index (Phi) is 4.39. The second-order valence-corrected chi connectivity index (χ2v) is 3.78. The first-order chi connectivity index (χ1) is 8.90. The number of para-hydroxylation sites is 1. The summed E-state index contributed by atoms with van der Waals surface area (Å²) < 4.78 is 0. The van der Waals surface area contributed by atoms with E-state index in [9.17, 15) is 0 Å². The van der Waals surface area contributed by atoms with Crippen LogP contribution in [0, 0.1) is 0 Å². The summed E-state index contributed by atoms with van der Waals surface area (Å²) in [6, 6.07) is 17.8. The van der Waals surface area contributed by atoms with Crippen molar-refractivity contribution in [3.05, 3.63) is 71.9 Å². The first kappa shape index (κ1) is 12.2. The highest BCUT2D eigenvalue weighted by Gasteiger charge is 2.01. The number of rotatable bonds is 1. The molecule has 0 saturated carbocycles. The number of nitrogens with two attached hydrogens (primary N) is 1. The normalized spacial score (nSPS) is 11.4. The number of fused-ring (bicyclic) bond motifs is 1. The van der Waals surface area contributed by atoms with Crippen LogP contribution in [0.2, 0.25) is 0 Å². The summed E-state index contributed by atoms with van der Waals surface area (Å²) in [4.78, 5) is 5.09. The number of hydroxylamine groups is 1. The van der Waals surface area contributed by atoms with E-state index in [4.69, 9.17) is 10.6 Å². The minimum Gasteiger partial charge on any atom is -0.382 e. The van der Waals surface area contributed by atoms with Crippen molar-refractivity contribution in [3.8, 4) is 5.75 Å². The van der Waals surface area contributed by atoms with Crippen molar-refractivity contribution in [2.75, 3.05) is 0 Å². The average molecular weight is 240 g/mol. The second-order valence-electron chi connectivity index (χ2n) is 3.78. The molecular formula is C15H16N2O. The van der Waals surface area contributed by atoms with E-state index in [1.165, 1.54) is 5.56 Å². The van der Waals surface area contributed by atoms with Crippen molar-refractivity contribution in [2.24, 2.45) is 5.73 Å². The molecule has 1 heterocycles. The Morgan fingerprint density at radius 2 is 1.67 bits per heavy atom. The van der Waals surface area contributed by atoms with Crippen molar-refractivity contribution >= 4 is 6.08 Å². The summed E-state index contributed by atoms with van der Waals surface area (Å²) in [6.45, 7) is 0.640. The highest BCUT2D eigenvalue weighted by Crippen LogP contribution is 2.20. The number of hydrogen-bond donors (Lipinski definition) is 2. The Balaban J connectivity index is 0.000000138. The molecule has 3 N–H and O–H groups in total. The molecule has 2 aromatic carbocycles. The summed E-state index contributed by atoms with van der Waals surface area (Å²) in [5, 5.41) is 0. The molecule has 0 unspecified atom stereocenters. The first-order valence-corrected chi connectivity index (χ1v) is 5.82. The second kappa shape index (κ2) is 6.47. The molecule has 0 fully saturated rings. The Hall–Kier alpha value is -2.26. The van der Waals surface area contributed by atoms with E-state index in [0.29, 0.717) is 6.54 Å². The van der Waals surface area contributed by atoms with Gasteiger partial charge in [-0.15, -0.1) is 0 Å². The van der Waals surface area contributed by atoms with Crippen molar-refractivity contribution in [1.82, 2.24) is 5.48 Å². The van der Waals surface area contributed by atoms with E-state index < -0.39 is 0 Å². The standard InChI is InChI=1S/C8H7NO.C7H9N/c1-2-4-8-7(3-1)5-6-9-10-8;8-6-7-4-2-1-3-5-7/h1-6,9H;1-5H,6,8H2. The maximum Gasteiger partial charge on any atom is 0.162 e. The minimum absolute atomic E-state index is 0.640. The summed E-state index contributed by atoms with van der Waals surface area (Å²) in [5.74, 6) is 0.880. The quantitative estimate of drug-likeness (QED) is 0.805. The van der Waals surface area contributed by atoms with Crippen LogP contribution < -0.4 is 16.1 Å². The van der Waals surface area contributed by atoms with Crippen molar-refractivity contribution < 1.29 is 4.84 Å². The highest BCUT2D eigenvalue weighted by molar-refractivity contribution is 5.57. The third-order valence-electron chi connectivity index (χ3n) is 2.50. The zero-order valence-corrected chi connectivity index (χ0v) is 10.0. The van der Waals surface area contributed by atoms with Gasteiger partial charge in [0, 0.05) is 18.3 Å². The van der Waals surface area contributed by atoms with Crippen LogP contribution >= 0.6 is 0 Å².